The average molecular weight is 206 g/mol. The highest BCUT2D eigenvalue weighted by Crippen LogP contribution is 2.32. The zero-order valence-corrected chi connectivity index (χ0v) is 8.90. The Labute approximate surface area is 89.0 Å². The Morgan fingerprint density at radius 1 is 1.47 bits per heavy atom. The fraction of sp³-hybridized carbons (Fsp3) is 0.417. The third-order valence-electron chi connectivity index (χ3n) is 2.43. The first kappa shape index (κ1) is 10.3. The molecule has 0 amide bonds. The number of ether oxygens (including phenoxy) is 2. The third kappa shape index (κ3) is 2.25. The van der Waals surface area contributed by atoms with Crippen LogP contribution in [-0.4, -0.2) is 18.7 Å². The Morgan fingerprint density at radius 2 is 2.27 bits per heavy atom. The van der Waals surface area contributed by atoms with E-state index in [1.165, 1.54) is 0 Å². The van der Waals surface area contributed by atoms with Gasteiger partial charge in [-0.25, -0.2) is 0 Å². The summed E-state index contributed by atoms with van der Waals surface area (Å²) >= 11 is 0. The molecule has 3 heteroatoms. The number of benzene rings is 1. The standard InChI is InChI=1S/C12H14O3/c1-12(2)14-8-11(15-12)10-5-3-4-9(6-10)7-13/h3-7,11H,8H2,1-2H3. The number of hydrogen-bond donors (Lipinski definition) is 0. The topological polar surface area (TPSA) is 35.5 Å². The van der Waals surface area contributed by atoms with Crippen LogP contribution in [0.15, 0.2) is 24.3 Å². The molecule has 0 aliphatic carbocycles. The van der Waals surface area contributed by atoms with Gasteiger partial charge in [-0.15, -0.1) is 0 Å². The molecule has 0 saturated carbocycles. The fourth-order valence-electron chi connectivity index (χ4n) is 1.68. The molecule has 1 heterocycles. The zero-order chi connectivity index (χ0) is 10.9. The maximum Gasteiger partial charge on any atom is 0.163 e. The summed E-state index contributed by atoms with van der Waals surface area (Å²) in [5, 5.41) is 0. The molecule has 0 aromatic heterocycles. The van der Waals surface area contributed by atoms with Crippen molar-refractivity contribution in [3.63, 3.8) is 0 Å². The van der Waals surface area contributed by atoms with Crippen LogP contribution in [0.1, 0.15) is 35.9 Å². The first-order valence-corrected chi connectivity index (χ1v) is 4.98. The van der Waals surface area contributed by atoms with Crippen LogP contribution in [0.3, 0.4) is 0 Å². The van der Waals surface area contributed by atoms with E-state index in [0.29, 0.717) is 12.2 Å². The molecular formula is C12H14O3. The van der Waals surface area contributed by atoms with Crippen molar-refractivity contribution in [1.82, 2.24) is 0 Å². The molecule has 0 N–H and O–H groups in total. The number of hydrogen-bond acceptors (Lipinski definition) is 3. The van der Waals surface area contributed by atoms with Crippen LogP contribution in [0.4, 0.5) is 0 Å². The van der Waals surface area contributed by atoms with Crippen molar-refractivity contribution >= 4 is 6.29 Å². The summed E-state index contributed by atoms with van der Waals surface area (Å²) in [6.07, 6.45) is 0.768. The summed E-state index contributed by atoms with van der Waals surface area (Å²) in [4.78, 5) is 10.6. The van der Waals surface area contributed by atoms with Crippen LogP contribution in [0.2, 0.25) is 0 Å². The van der Waals surface area contributed by atoms with E-state index in [1.807, 2.05) is 32.0 Å². The van der Waals surface area contributed by atoms with Crippen molar-refractivity contribution in [3.05, 3.63) is 35.4 Å². The predicted molar refractivity (Wildman–Crippen MR) is 55.7 cm³/mol. The largest absolute Gasteiger partial charge is 0.347 e. The minimum absolute atomic E-state index is 0.0695. The normalized spacial score (nSPS) is 24.0. The summed E-state index contributed by atoms with van der Waals surface area (Å²) in [7, 11) is 0. The molecule has 0 spiro atoms. The average Bonchev–Trinajstić information content (AvgIpc) is 2.59. The highest BCUT2D eigenvalue weighted by Gasteiger charge is 2.33. The number of carbonyl (C=O) groups excluding carboxylic acids is 1. The molecule has 0 radical (unpaired) electrons. The van der Waals surface area contributed by atoms with E-state index in [4.69, 9.17) is 9.47 Å². The SMILES string of the molecule is CC1(C)OCC(c2cccc(C=O)c2)O1. The lowest BCUT2D eigenvalue weighted by Gasteiger charge is -2.17. The van der Waals surface area contributed by atoms with E-state index in [9.17, 15) is 4.79 Å². The molecule has 1 aliphatic heterocycles. The van der Waals surface area contributed by atoms with Gasteiger partial charge in [0.25, 0.3) is 0 Å². The van der Waals surface area contributed by atoms with Gasteiger partial charge in [-0.1, -0.05) is 18.2 Å². The molecule has 1 fully saturated rings. The molecule has 15 heavy (non-hydrogen) atoms. The summed E-state index contributed by atoms with van der Waals surface area (Å²) in [6.45, 7) is 4.31. The molecule has 1 saturated heterocycles. The molecule has 1 aliphatic rings. The Morgan fingerprint density at radius 3 is 2.87 bits per heavy atom. The van der Waals surface area contributed by atoms with E-state index in [1.54, 1.807) is 6.07 Å². The van der Waals surface area contributed by atoms with Gasteiger partial charge in [0.15, 0.2) is 5.79 Å². The first-order chi connectivity index (χ1) is 7.11. The minimum atomic E-state index is -0.526. The molecular weight excluding hydrogens is 192 g/mol. The van der Waals surface area contributed by atoms with Gasteiger partial charge in [0.1, 0.15) is 12.4 Å². The smallest absolute Gasteiger partial charge is 0.163 e. The van der Waals surface area contributed by atoms with Gasteiger partial charge in [-0.3, -0.25) is 4.79 Å². The van der Waals surface area contributed by atoms with Crippen molar-refractivity contribution in [3.8, 4) is 0 Å². The highest BCUT2D eigenvalue weighted by molar-refractivity contribution is 5.74. The molecule has 3 nitrogen and oxygen atoms in total. The van der Waals surface area contributed by atoms with E-state index in [0.717, 1.165) is 11.8 Å². The summed E-state index contributed by atoms with van der Waals surface area (Å²) in [6, 6.07) is 7.41. The van der Waals surface area contributed by atoms with Crippen molar-refractivity contribution in [2.45, 2.75) is 25.7 Å². The van der Waals surface area contributed by atoms with Gasteiger partial charge in [0, 0.05) is 5.56 Å². The van der Waals surface area contributed by atoms with Crippen LogP contribution in [0.25, 0.3) is 0 Å². The number of carbonyl (C=O) groups is 1. The Bertz CT molecular complexity index is 371. The summed E-state index contributed by atoms with van der Waals surface area (Å²) in [5.41, 5.74) is 1.66. The van der Waals surface area contributed by atoms with Crippen LogP contribution in [0.5, 0.6) is 0 Å². The van der Waals surface area contributed by atoms with Gasteiger partial charge >= 0.3 is 0 Å². The van der Waals surface area contributed by atoms with Crippen molar-refractivity contribution in [2.24, 2.45) is 0 Å². The predicted octanol–water partition coefficient (Wildman–Crippen LogP) is 2.32. The molecule has 0 bridgehead atoms. The van der Waals surface area contributed by atoms with Crippen LogP contribution < -0.4 is 0 Å². The molecule has 1 aromatic carbocycles. The quantitative estimate of drug-likeness (QED) is 0.696. The van der Waals surface area contributed by atoms with Gasteiger partial charge in [0.2, 0.25) is 0 Å². The number of rotatable bonds is 2. The second kappa shape index (κ2) is 3.76. The monoisotopic (exact) mass is 206 g/mol. The number of aldehydes is 1. The van der Waals surface area contributed by atoms with Crippen LogP contribution >= 0.6 is 0 Å². The summed E-state index contributed by atoms with van der Waals surface area (Å²) < 4.78 is 11.2. The van der Waals surface area contributed by atoms with E-state index in [2.05, 4.69) is 0 Å². The molecule has 80 valence electrons. The Kier molecular flexibility index (Phi) is 2.59. The molecule has 2 rings (SSSR count). The fourth-order valence-corrected chi connectivity index (χ4v) is 1.68. The highest BCUT2D eigenvalue weighted by atomic mass is 16.7. The van der Waals surface area contributed by atoms with Crippen molar-refractivity contribution in [1.29, 1.82) is 0 Å². The second-order valence-corrected chi connectivity index (χ2v) is 4.11. The van der Waals surface area contributed by atoms with E-state index in [-0.39, 0.29) is 6.10 Å². The van der Waals surface area contributed by atoms with Gasteiger partial charge in [-0.05, 0) is 25.5 Å². The maximum atomic E-state index is 10.6. The van der Waals surface area contributed by atoms with E-state index < -0.39 is 5.79 Å². The third-order valence-corrected chi connectivity index (χ3v) is 2.43. The molecule has 1 atom stereocenters. The minimum Gasteiger partial charge on any atom is -0.347 e. The second-order valence-electron chi connectivity index (χ2n) is 4.11. The lowest BCUT2D eigenvalue weighted by molar-refractivity contribution is -0.139. The van der Waals surface area contributed by atoms with Gasteiger partial charge < -0.3 is 9.47 Å². The van der Waals surface area contributed by atoms with Gasteiger partial charge in [-0.2, -0.15) is 0 Å². The zero-order valence-electron chi connectivity index (χ0n) is 8.90. The lowest BCUT2D eigenvalue weighted by atomic mass is 10.1. The van der Waals surface area contributed by atoms with Crippen LogP contribution in [0, 0.1) is 0 Å². The first-order valence-electron chi connectivity index (χ1n) is 4.98. The lowest BCUT2D eigenvalue weighted by Crippen LogP contribution is -2.19. The summed E-state index contributed by atoms with van der Waals surface area (Å²) in [5.74, 6) is -0.526. The van der Waals surface area contributed by atoms with Crippen molar-refractivity contribution < 1.29 is 14.3 Å². The maximum absolute atomic E-state index is 10.6. The van der Waals surface area contributed by atoms with Crippen molar-refractivity contribution in [2.75, 3.05) is 6.61 Å². The molecule has 1 aromatic rings. The van der Waals surface area contributed by atoms with E-state index >= 15 is 0 Å². The van der Waals surface area contributed by atoms with Crippen LogP contribution in [-0.2, 0) is 9.47 Å². The van der Waals surface area contributed by atoms with Gasteiger partial charge in [0.05, 0.1) is 6.61 Å². The Balaban J connectivity index is 2.20. The molecule has 1 unspecified atom stereocenters. The Hall–Kier alpha value is -1.19.